The van der Waals surface area contributed by atoms with Crippen LogP contribution in [0, 0.1) is 5.92 Å². The maximum atomic E-state index is 12.1. The van der Waals surface area contributed by atoms with E-state index in [1.165, 1.54) is 11.4 Å². The average molecular weight is 275 g/mol. The third-order valence-electron chi connectivity index (χ3n) is 2.83. The number of piperidine rings is 1. The Bertz CT molecular complexity index is 500. The predicted octanol–water partition coefficient (Wildman–Crippen LogP) is 0.202. The molecule has 1 aliphatic rings. The van der Waals surface area contributed by atoms with Crippen molar-refractivity contribution in [1.82, 2.24) is 19.5 Å². The highest BCUT2D eigenvalue weighted by Gasteiger charge is 2.27. The minimum atomic E-state index is -3.57. The summed E-state index contributed by atoms with van der Waals surface area (Å²) in [4.78, 5) is 3.82. The fraction of sp³-hybridized carbons (Fsp3) is 0.778. The molecule has 0 radical (unpaired) electrons. The maximum absolute atomic E-state index is 12.1. The van der Waals surface area contributed by atoms with Gasteiger partial charge in [-0.25, -0.2) is 9.82 Å². The van der Waals surface area contributed by atoms with Gasteiger partial charge in [-0.1, -0.05) is 6.92 Å². The van der Waals surface area contributed by atoms with E-state index in [0.29, 0.717) is 19.0 Å². The molecule has 0 aliphatic carbocycles. The van der Waals surface area contributed by atoms with Gasteiger partial charge in [0.1, 0.15) is 0 Å². The number of methoxy groups -OCH3 is 1. The number of ether oxygens (including phenoxy) is 1. The first-order chi connectivity index (χ1) is 8.51. The lowest BCUT2D eigenvalue weighted by molar-refractivity contribution is 0.282. The lowest BCUT2D eigenvalue weighted by atomic mass is 10.0. The number of rotatable bonds is 4. The van der Waals surface area contributed by atoms with Crippen LogP contribution >= 0.6 is 0 Å². The molecule has 2 heterocycles. The Morgan fingerprint density at radius 2 is 2.33 bits per heavy atom. The van der Waals surface area contributed by atoms with E-state index in [9.17, 15) is 8.42 Å². The lowest BCUT2D eigenvalue weighted by Gasteiger charge is -2.29. The van der Waals surface area contributed by atoms with E-state index in [2.05, 4.69) is 19.9 Å². The van der Waals surface area contributed by atoms with Gasteiger partial charge < -0.3 is 4.74 Å². The summed E-state index contributed by atoms with van der Waals surface area (Å²) in [5, 5.41) is 6.14. The van der Waals surface area contributed by atoms with Crippen LogP contribution in [0.2, 0.25) is 0 Å². The van der Waals surface area contributed by atoms with E-state index in [-0.39, 0.29) is 12.0 Å². The Morgan fingerprint density at radius 3 is 2.94 bits per heavy atom. The zero-order valence-electron chi connectivity index (χ0n) is 10.4. The van der Waals surface area contributed by atoms with E-state index < -0.39 is 10.2 Å². The molecule has 2 rings (SSSR count). The zero-order valence-corrected chi connectivity index (χ0v) is 11.2. The number of H-pyrrole nitrogens is 1. The van der Waals surface area contributed by atoms with E-state index in [4.69, 9.17) is 4.74 Å². The van der Waals surface area contributed by atoms with Crippen LogP contribution in [0.3, 0.4) is 0 Å². The van der Waals surface area contributed by atoms with Gasteiger partial charge in [-0.3, -0.25) is 0 Å². The Balaban J connectivity index is 2.06. The van der Waals surface area contributed by atoms with E-state index in [1.54, 1.807) is 0 Å². The van der Waals surface area contributed by atoms with E-state index >= 15 is 0 Å². The number of nitrogens with zero attached hydrogens (tertiary/aromatic N) is 3. The summed E-state index contributed by atoms with van der Waals surface area (Å²) in [6.45, 7) is 3.10. The number of aromatic amines is 1. The summed E-state index contributed by atoms with van der Waals surface area (Å²) in [5.41, 5.74) is 0. The molecule has 1 unspecified atom stereocenters. The molecular formula is C9H17N5O3S. The molecular weight excluding hydrogens is 258 g/mol. The molecule has 8 nitrogen and oxygen atoms in total. The first kappa shape index (κ1) is 13.1. The first-order valence-corrected chi connectivity index (χ1v) is 7.19. The summed E-state index contributed by atoms with van der Waals surface area (Å²) in [7, 11) is -2.16. The van der Waals surface area contributed by atoms with E-state index in [0.717, 1.165) is 12.8 Å². The van der Waals surface area contributed by atoms with Crippen molar-refractivity contribution >= 4 is 16.2 Å². The molecule has 18 heavy (non-hydrogen) atoms. The first-order valence-electron chi connectivity index (χ1n) is 5.75. The average Bonchev–Trinajstić information content (AvgIpc) is 2.76. The highest BCUT2D eigenvalue weighted by molar-refractivity contribution is 7.90. The summed E-state index contributed by atoms with van der Waals surface area (Å²) in [6.07, 6.45) is 1.93. The molecule has 0 aromatic carbocycles. The summed E-state index contributed by atoms with van der Waals surface area (Å²) < 4.78 is 32.7. The van der Waals surface area contributed by atoms with Gasteiger partial charge in [0.25, 0.3) is 0 Å². The van der Waals surface area contributed by atoms with Crippen molar-refractivity contribution in [3.8, 4) is 6.01 Å². The van der Waals surface area contributed by atoms with Crippen molar-refractivity contribution in [1.29, 1.82) is 0 Å². The molecule has 1 atom stereocenters. The van der Waals surface area contributed by atoms with Gasteiger partial charge in [0, 0.05) is 13.1 Å². The Kier molecular flexibility index (Phi) is 3.71. The van der Waals surface area contributed by atoms with Crippen molar-refractivity contribution < 1.29 is 13.2 Å². The number of hydrogen-bond acceptors (Lipinski definition) is 5. The summed E-state index contributed by atoms with van der Waals surface area (Å²) >= 11 is 0. The van der Waals surface area contributed by atoms with Crippen molar-refractivity contribution in [3.05, 3.63) is 0 Å². The second-order valence-electron chi connectivity index (χ2n) is 4.38. The molecule has 2 N–H and O–H groups in total. The highest BCUT2D eigenvalue weighted by atomic mass is 32.2. The van der Waals surface area contributed by atoms with Crippen LogP contribution in [0.25, 0.3) is 0 Å². The van der Waals surface area contributed by atoms with Crippen LogP contribution in [-0.4, -0.2) is 48.1 Å². The second-order valence-corrected chi connectivity index (χ2v) is 6.05. The SMILES string of the molecule is COc1n[nH]c(NS(=O)(=O)N2CCCC(C)C2)n1. The van der Waals surface area contributed by atoms with Crippen LogP contribution in [0.4, 0.5) is 5.95 Å². The molecule has 1 fully saturated rings. The molecule has 0 spiro atoms. The number of nitrogens with one attached hydrogen (secondary N) is 2. The standard InChI is InChI=1S/C9H17N5O3S/c1-7-4-3-5-14(6-7)18(15,16)13-8-10-9(17-2)12-11-8/h7H,3-6H2,1-2H3,(H2,10,11,12,13). The van der Waals surface area contributed by atoms with Crippen LogP contribution in [-0.2, 0) is 10.2 Å². The predicted molar refractivity (Wildman–Crippen MR) is 65.4 cm³/mol. The van der Waals surface area contributed by atoms with Crippen molar-refractivity contribution in [2.24, 2.45) is 5.92 Å². The van der Waals surface area contributed by atoms with Gasteiger partial charge in [-0.2, -0.15) is 17.7 Å². The highest BCUT2D eigenvalue weighted by Crippen LogP contribution is 2.19. The van der Waals surface area contributed by atoms with Crippen LogP contribution < -0.4 is 9.46 Å². The second kappa shape index (κ2) is 5.11. The minimum Gasteiger partial charge on any atom is -0.466 e. The molecule has 1 saturated heterocycles. The van der Waals surface area contributed by atoms with E-state index in [1.807, 2.05) is 6.92 Å². The molecule has 9 heteroatoms. The largest absolute Gasteiger partial charge is 0.466 e. The van der Waals surface area contributed by atoms with Gasteiger partial charge in [0.15, 0.2) is 0 Å². The normalized spacial score (nSPS) is 21.8. The van der Waals surface area contributed by atoms with Gasteiger partial charge in [-0.15, -0.1) is 5.10 Å². The molecule has 0 bridgehead atoms. The molecule has 0 amide bonds. The van der Waals surface area contributed by atoms with Crippen molar-refractivity contribution in [2.45, 2.75) is 19.8 Å². The van der Waals surface area contributed by atoms with Crippen LogP contribution in [0.5, 0.6) is 6.01 Å². The maximum Gasteiger partial charge on any atom is 0.336 e. The molecule has 1 aromatic heterocycles. The van der Waals surface area contributed by atoms with Crippen molar-refractivity contribution in [3.63, 3.8) is 0 Å². The minimum absolute atomic E-state index is 0.0603. The number of aromatic nitrogens is 3. The quantitative estimate of drug-likeness (QED) is 0.817. The summed E-state index contributed by atoms with van der Waals surface area (Å²) in [6, 6.07) is 0.0970. The fourth-order valence-corrected chi connectivity index (χ4v) is 3.22. The molecule has 102 valence electrons. The van der Waals surface area contributed by atoms with Crippen LogP contribution in [0.15, 0.2) is 0 Å². The van der Waals surface area contributed by atoms with Crippen molar-refractivity contribution in [2.75, 3.05) is 24.9 Å². The van der Waals surface area contributed by atoms with Gasteiger partial charge >= 0.3 is 16.2 Å². The third-order valence-corrected chi connectivity index (χ3v) is 4.30. The van der Waals surface area contributed by atoms with Crippen LogP contribution in [0.1, 0.15) is 19.8 Å². The molecule has 0 saturated carbocycles. The lowest BCUT2D eigenvalue weighted by Crippen LogP contribution is -2.42. The Morgan fingerprint density at radius 1 is 1.56 bits per heavy atom. The fourth-order valence-electron chi connectivity index (χ4n) is 1.93. The summed E-state index contributed by atoms with van der Waals surface area (Å²) in [5.74, 6) is 0.435. The molecule has 1 aromatic rings. The van der Waals surface area contributed by atoms with Gasteiger partial charge in [0.05, 0.1) is 7.11 Å². The zero-order chi connectivity index (χ0) is 13.2. The smallest absolute Gasteiger partial charge is 0.336 e. The topological polar surface area (TPSA) is 100 Å². The Labute approximate surface area is 106 Å². The number of anilines is 1. The monoisotopic (exact) mass is 275 g/mol. The molecule has 1 aliphatic heterocycles. The van der Waals surface area contributed by atoms with Gasteiger partial charge in [0.2, 0.25) is 5.95 Å². The Hall–Kier alpha value is -1.35. The third kappa shape index (κ3) is 2.91. The van der Waals surface area contributed by atoms with Gasteiger partial charge in [-0.05, 0) is 18.8 Å². The number of hydrogen-bond donors (Lipinski definition) is 2.